The molecule has 1 aliphatic carbocycles. The van der Waals surface area contributed by atoms with Crippen molar-refractivity contribution >= 4 is 17.5 Å². The highest BCUT2D eigenvalue weighted by Gasteiger charge is 2.17. The van der Waals surface area contributed by atoms with Gasteiger partial charge in [-0.25, -0.2) is 0 Å². The zero-order chi connectivity index (χ0) is 15.1. The quantitative estimate of drug-likeness (QED) is 0.812. The molecule has 21 heavy (non-hydrogen) atoms. The predicted molar refractivity (Wildman–Crippen MR) is 87.9 cm³/mol. The van der Waals surface area contributed by atoms with Crippen molar-refractivity contribution in [3.8, 4) is 0 Å². The Bertz CT molecular complexity index is 458. The lowest BCUT2D eigenvalue weighted by Gasteiger charge is -2.31. The fraction of sp³-hybridized carbons (Fsp3) is 0.588. The van der Waals surface area contributed by atoms with Gasteiger partial charge in [-0.15, -0.1) is 0 Å². The highest BCUT2D eigenvalue weighted by molar-refractivity contribution is 6.33. The summed E-state index contributed by atoms with van der Waals surface area (Å²) in [6.07, 6.45) is 7.73. The van der Waals surface area contributed by atoms with Gasteiger partial charge in [-0.05, 0) is 45.0 Å². The van der Waals surface area contributed by atoms with Crippen molar-refractivity contribution in [3.05, 3.63) is 34.9 Å². The Morgan fingerprint density at radius 2 is 2.00 bits per heavy atom. The van der Waals surface area contributed by atoms with Crippen LogP contribution in [-0.2, 0) is 0 Å². The summed E-state index contributed by atoms with van der Waals surface area (Å²) in [5.74, 6) is -0.0825. The number of nitrogens with zero attached hydrogens (tertiary/aromatic N) is 1. The van der Waals surface area contributed by atoms with Crippen LogP contribution in [0.1, 0.15) is 48.9 Å². The summed E-state index contributed by atoms with van der Waals surface area (Å²) in [7, 11) is 2.20. The number of benzene rings is 1. The maximum atomic E-state index is 12.0. The molecule has 1 aromatic rings. The Kier molecular flexibility index (Phi) is 6.52. The van der Waals surface area contributed by atoms with E-state index in [1.807, 2.05) is 12.1 Å². The van der Waals surface area contributed by atoms with E-state index in [0.717, 1.165) is 19.0 Å². The number of rotatable bonds is 6. The number of nitrogens with one attached hydrogen (secondary N) is 1. The first kappa shape index (κ1) is 16.3. The highest BCUT2D eigenvalue weighted by Crippen LogP contribution is 2.21. The summed E-state index contributed by atoms with van der Waals surface area (Å²) in [5.41, 5.74) is 0.555. The molecule has 1 fully saturated rings. The molecule has 0 bridgehead atoms. The molecule has 1 saturated carbocycles. The maximum Gasteiger partial charge on any atom is 0.252 e. The second kappa shape index (κ2) is 8.40. The van der Waals surface area contributed by atoms with Gasteiger partial charge in [-0.3, -0.25) is 4.79 Å². The van der Waals surface area contributed by atoms with Crippen molar-refractivity contribution < 1.29 is 4.79 Å². The van der Waals surface area contributed by atoms with Crippen LogP contribution in [0, 0.1) is 0 Å². The molecule has 0 unspecified atom stereocenters. The summed E-state index contributed by atoms with van der Waals surface area (Å²) in [4.78, 5) is 14.4. The molecule has 0 heterocycles. The number of hydrogen-bond donors (Lipinski definition) is 1. The molecule has 0 spiro atoms. The van der Waals surface area contributed by atoms with Gasteiger partial charge in [0.25, 0.3) is 5.91 Å². The fourth-order valence-electron chi connectivity index (χ4n) is 2.98. The molecule has 0 saturated heterocycles. The van der Waals surface area contributed by atoms with Crippen molar-refractivity contribution in [2.75, 3.05) is 20.1 Å². The molecular weight excluding hydrogens is 284 g/mol. The van der Waals surface area contributed by atoms with Gasteiger partial charge in [0.2, 0.25) is 0 Å². The Balaban J connectivity index is 1.67. The van der Waals surface area contributed by atoms with E-state index in [4.69, 9.17) is 11.6 Å². The molecule has 1 N–H and O–H groups in total. The Morgan fingerprint density at radius 3 is 2.71 bits per heavy atom. The predicted octanol–water partition coefficient (Wildman–Crippen LogP) is 3.72. The molecule has 2 rings (SSSR count). The number of carbonyl (C=O) groups is 1. The van der Waals surface area contributed by atoms with Crippen molar-refractivity contribution in [2.45, 2.75) is 44.6 Å². The maximum absolute atomic E-state index is 12.0. The second-order valence-electron chi connectivity index (χ2n) is 5.86. The van der Waals surface area contributed by atoms with Crippen molar-refractivity contribution in [2.24, 2.45) is 0 Å². The average molecular weight is 309 g/mol. The lowest BCUT2D eigenvalue weighted by atomic mass is 9.94. The molecule has 116 valence electrons. The van der Waals surface area contributed by atoms with Crippen LogP contribution in [0.2, 0.25) is 5.02 Å². The summed E-state index contributed by atoms with van der Waals surface area (Å²) < 4.78 is 0. The van der Waals surface area contributed by atoms with E-state index in [1.165, 1.54) is 32.1 Å². The summed E-state index contributed by atoms with van der Waals surface area (Å²) in [6.45, 7) is 1.73. The monoisotopic (exact) mass is 308 g/mol. The Morgan fingerprint density at radius 1 is 1.29 bits per heavy atom. The number of amides is 1. The first-order valence-electron chi connectivity index (χ1n) is 7.91. The molecular formula is C17H25ClN2O. The van der Waals surface area contributed by atoms with Gasteiger partial charge >= 0.3 is 0 Å². The van der Waals surface area contributed by atoms with Crippen molar-refractivity contribution in [1.29, 1.82) is 0 Å². The summed E-state index contributed by atoms with van der Waals surface area (Å²) >= 11 is 6.01. The third kappa shape index (κ3) is 5.01. The average Bonchev–Trinajstić information content (AvgIpc) is 2.52. The van der Waals surface area contributed by atoms with Gasteiger partial charge in [-0.2, -0.15) is 0 Å². The molecule has 0 aromatic heterocycles. The van der Waals surface area contributed by atoms with E-state index in [9.17, 15) is 4.79 Å². The van der Waals surface area contributed by atoms with E-state index in [0.29, 0.717) is 17.1 Å². The lowest BCUT2D eigenvalue weighted by Crippen LogP contribution is -2.35. The topological polar surface area (TPSA) is 32.3 Å². The van der Waals surface area contributed by atoms with Crippen LogP contribution in [-0.4, -0.2) is 37.0 Å². The van der Waals surface area contributed by atoms with E-state index in [2.05, 4.69) is 17.3 Å². The van der Waals surface area contributed by atoms with Crippen LogP contribution in [0.25, 0.3) is 0 Å². The number of hydrogen-bond acceptors (Lipinski definition) is 2. The van der Waals surface area contributed by atoms with Crippen LogP contribution < -0.4 is 5.32 Å². The van der Waals surface area contributed by atoms with Crippen molar-refractivity contribution in [3.63, 3.8) is 0 Å². The minimum Gasteiger partial charge on any atom is -0.352 e. The normalized spacial score (nSPS) is 16.1. The van der Waals surface area contributed by atoms with Crippen LogP contribution in [0.15, 0.2) is 24.3 Å². The smallest absolute Gasteiger partial charge is 0.252 e. The van der Waals surface area contributed by atoms with E-state index in [1.54, 1.807) is 12.1 Å². The second-order valence-corrected chi connectivity index (χ2v) is 6.27. The molecule has 1 aliphatic rings. The third-order valence-electron chi connectivity index (χ3n) is 4.29. The Hall–Kier alpha value is -1.06. The van der Waals surface area contributed by atoms with Gasteiger partial charge < -0.3 is 10.2 Å². The van der Waals surface area contributed by atoms with Crippen LogP contribution >= 0.6 is 11.6 Å². The number of halogens is 1. The lowest BCUT2D eigenvalue weighted by molar-refractivity contribution is 0.0950. The Labute approximate surface area is 132 Å². The molecule has 1 amide bonds. The zero-order valence-electron chi connectivity index (χ0n) is 12.8. The summed E-state index contributed by atoms with van der Waals surface area (Å²) in [6, 6.07) is 7.90. The van der Waals surface area contributed by atoms with E-state index >= 15 is 0 Å². The standard InChI is InChI=1S/C17H25ClN2O/c1-20(14-8-3-2-4-9-14)13-7-12-19-17(21)15-10-5-6-11-16(15)18/h5-6,10-11,14H,2-4,7-9,12-13H2,1H3,(H,19,21). The van der Waals surface area contributed by atoms with Crippen molar-refractivity contribution in [1.82, 2.24) is 10.2 Å². The van der Waals surface area contributed by atoms with Crippen LogP contribution in [0.4, 0.5) is 0 Å². The van der Waals surface area contributed by atoms with Gasteiger partial charge in [0.15, 0.2) is 0 Å². The largest absolute Gasteiger partial charge is 0.352 e. The van der Waals surface area contributed by atoms with Gasteiger partial charge in [0, 0.05) is 12.6 Å². The fourth-order valence-corrected chi connectivity index (χ4v) is 3.20. The molecule has 1 aromatic carbocycles. The molecule has 0 radical (unpaired) electrons. The third-order valence-corrected chi connectivity index (χ3v) is 4.62. The van der Waals surface area contributed by atoms with Crippen LogP contribution in [0.3, 0.4) is 0 Å². The molecule has 4 heteroatoms. The first-order chi connectivity index (χ1) is 10.2. The van der Waals surface area contributed by atoms with E-state index < -0.39 is 0 Å². The minimum atomic E-state index is -0.0825. The van der Waals surface area contributed by atoms with Crippen LogP contribution in [0.5, 0.6) is 0 Å². The zero-order valence-corrected chi connectivity index (χ0v) is 13.5. The SMILES string of the molecule is CN(CCCNC(=O)c1ccccc1Cl)C1CCCCC1. The number of carbonyl (C=O) groups excluding carboxylic acids is 1. The van der Waals surface area contributed by atoms with Gasteiger partial charge in [-0.1, -0.05) is 43.0 Å². The molecule has 0 atom stereocenters. The first-order valence-corrected chi connectivity index (χ1v) is 8.29. The van der Waals surface area contributed by atoms with E-state index in [-0.39, 0.29) is 5.91 Å². The molecule has 3 nitrogen and oxygen atoms in total. The van der Waals surface area contributed by atoms with Gasteiger partial charge in [0.1, 0.15) is 0 Å². The molecule has 0 aliphatic heterocycles. The summed E-state index contributed by atoms with van der Waals surface area (Å²) in [5, 5.41) is 3.46. The van der Waals surface area contributed by atoms with Gasteiger partial charge in [0.05, 0.1) is 10.6 Å². The minimum absolute atomic E-state index is 0.0825. The highest BCUT2D eigenvalue weighted by atomic mass is 35.5.